The summed E-state index contributed by atoms with van der Waals surface area (Å²) in [6.07, 6.45) is 3.50. The highest BCUT2D eigenvalue weighted by molar-refractivity contribution is 5.35. The van der Waals surface area contributed by atoms with Crippen molar-refractivity contribution in [3.63, 3.8) is 0 Å². The normalized spacial score (nSPS) is 27.5. The number of likely N-dealkylation sites (N-methyl/N-ethyl adjacent to an activating group) is 1. The third-order valence-electron chi connectivity index (χ3n) is 5.62. The Kier molecular flexibility index (Phi) is 3.50. The molecule has 1 heterocycles. The van der Waals surface area contributed by atoms with Gasteiger partial charge in [-0.25, -0.2) is 4.39 Å². The molecule has 22 heavy (non-hydrogen) atoms. The number of halogens is 1. The molecule has 114 valence electrons. The molecule has 1 nitrogen and oxygen atoms in total. The molecule has 3 unspecified atom stereocenters. The summed E-state index contributed by atoms with van der Waals surface area (Å²) in [5.74, 6) is 1.25. The monoisotopic (exact) mass is 295 g/mol. The highest BCUT2D eigenvalue weighted by Gasteiger charge is 2.42. The fraction of sp³-hybridized carbons (Fsp3) is 0.400. The van der Waals surface area contributed by atoms with Crippen molar-refractivity contribution in [3.8, 4) is 0 Å². The summed E-state index contributed by atoms with van der Waals surface area (Å²) < 4.78 is 13.1. The van der Waals surface area contributed by atoms with Gasteiger partial charge in [0.05, 0.1) is 0 Å². The molecule has 1 aliphatic heterocycles. The zero-order valence-electron chi connectivity index (χ0n) is 13.0. The van der Waals surface area contributed by atoms with Crippen LogP contribution in [0.1, 0.15) is 29.0 Å². The van der Waals surface area contributed by atoms with Crippen LogP contribution in [0.25, 0.3) is 0 Å². The van der Waals surface area contributed by atoms with Crippen molar-refractivity contribution in [3.05, 3.63) is 71.0 Å². The summed E-state index contributed by atoms with van der Waals surface area (Å²) in [6, 6.07) is 16.6. The number of rotatable bonds is 2. The van der Waals surface area contributed by atoms with Gasteiger partial charge >= 0.3 is 0 Å². The van der Waals surface area contributed by atoms with Crippen molar-refractivity contribution in [2.45, 2.75) is 31.2 Å². The molecule has 2 aromatic carbocycles. The van der Waals surface area contributed by atoms with Crippen LogP contribution >= 0.6 is 0 Å². The molecule has 2 aromatic rings. The highest BCUT2D eigenvalue weighted by Crippen LogP contribution is 2.45. The average Bonchev–Trinajstić information content (AvgIpc) is 2.86. The van der Waals surface area contributed by atoms with E-state index in [2.05, 4.69) is 36.2 Å². The molecule has 0 bridgehead atoms. The summed E-state index contributed by atoms with van der Waals surface area (Å²) in [5, 5.41) is 0. The van der Waals surface area contributed by atoms with Crippen molar-refractivity contribution in [1.82, 2.24) is 4.90 Å². The van der Waals surface area contributed by atoms with Crippen molar-refractivity contribution < 1.29 is 4.39 Å². The Morgan fingerprint density at radius 1 is 1.09 bits per heavy atom. The van der Waals surface area contributed by atoms with Gasteiger partial charge in [-0.3, -0.25) is 0 Å². The van der Waals surface area contributed by atoms with Crippen LogP contribution < -0.4 is 0 Å². The topological polar surface area (TPSA) is 3.24 Å². The Labute approximate surface area is 131 Å². The minimum absolute atomic E-state index is 0.145. The summed E-state index contributed by atoms with van der Waals surface area (Å²) in [6.45, 7) is 1.15. The molecule has 0 N–H and O–H groups in total. The van der Waals surface area contributed by atoms with E-state index in [1.165, 1.54) is 18.4 Å². The van der Waals surface area contributed by atoms with Gasteiger partial charge in [0.15, 0.2) is 0 Å². The fourth-order valence-corrected chi connectivity index (χ4v) is 4.51. The van der Waals surface area contributed by atoms with Crippen molar-refractivity contribution in [2.75, 3.05) is 13.6 Å². The molecular formula is C20H22FN. The lowest BCUT2D eigenvalue weighted by molar-refractivity contribution is 0.259. The van der Waals surface area contributed by atoms with E-state index in [1.807, 2.05) is 12.1 Å². The molecule has 3 atom stereocenters. The fourth-order valence-electron chi connectivity index (χ4n) is 4.51. The molecule has 0 amide bonds. The lowest BCUT2D eigenvalue weighted by Gasteiger charge is -2.31. The molecular weight excluding hydrogens is 273 g/mol. The van der Waals surface area contributed by atoms with Gasteiger partial charge in [-0.15, -0.1) is 0 Å². The third kappa shape index (κ3) is 2.36. The number of aryl methyl sites for hydroxylation is 1. The average molecular weight is 295 g/mol. The molecule has 1 saturated heterocycles. The SMILES string of the molecule is CN1CC2c3ccccc3CCC2C1Cc1ccc(F)cc1. The molecule has 0 radical (unpaired) electrons. The summed E-state index contributed by atoms with van der Waals surface area (Å²) in [7, 11) is 2.25. The second kappa shape index (κ2) is 5.51. The summed E-state index contributed by atoms with van der Waals surface area (Å²) in [5.41, 5.74) is 4.35. The van der Waals surface area contributed by atoms with E-state index in [-0.39, 0.29) is 5.82 Å². The summed E-state index contributed by atoms with van der Waals surface area (Å²) >= 11 is 0. The standard InChI is InChI=1S/C20H22FN/c1-22-13-19-17-5-3-2-4-15(17)8-11-18(19)20(22)12-14-6-9-16(21)10-7-14/h2-7,9-10,18-20H,8,11-13H2,1H3. The highest BCUT2D eigenvalue weighted by atomic mass is 19.1. The number of likely N-dealkylation sites (tertiary alicyclic amines) is 1. The molecule has 2 aliphatic rings. The van der Waals surface area contributed by atoms with Crippen molar-refractivity contribution >= 4 is 0 Å². The van der Waals surface area contributed by atoms with Gasteiger partial charge in [0.2, 0.25) is 0 Å². The quantitative estimate of drug-likeness (QED) is 0.808. The number of hydrogen-bond donors (Lipinski definition) is 0. The predicted molar refractivity (Wildman–Crippen MR) is 87.5 cm³/mol. The maximum absolute atomic E-state index is 13.1. The first-order valence-corrected chi connectivity index (χ1v) is 8.25. The van der Waals surface area contributed by atoms with E-state index < -0.39 is 0 Å². The van der Waals surface area contributed by atoms with Gasteiger partial charge in [-0.2, -0.15) is 0 Å². The maximum atomic E-state index is 13.1. The van der Waals surface area contributed by atoms with E-state index in [1.54, 1.807) is 23.3 Å². The molecule has 1 fully saturated rings. The van der Waals surface area contributed by atoms with Gasteiger partial charge in [-0.05, 0) is 61.1 Å². The third-order valence-corrected chi connectivity index (χ3v) is 5.62. The van der Waals surface area contributed by atoms with E-state index in [4.69, 9.17) is 0 Å². The van der Waals surface area contributed by atoms with Gasteiger partial charge in [-0.1, -0.05) is 36.4 Å². The van der Waals surface area contributed by atoms with Crippen LogP contribution in [-0.4, -0.2) is 24.5 Å². The minimum Gasteiger partial charge on any atom is -0.302 e. The maximum Gasteiger partial charge on any atom is 0.123 e. The van der Waals surface area contributed by atoms with E-state index in [9.17, 15) is 4.39 Å². The smallest absolute Gasteiger partial charge is 0.123 e. The Morgan fingerprint density at radius 3 is 2.68 bits per heavy atom. The molecule has 4 rings (SSSR count). The number of hydrogen-bond acceptors (Lipinski definition) is 1. The van der Waals surface area contributed by atoms with Crippen LogP contribution in [0.15, 0.2) is 48.5 Å². The zero-order valence-corrected chi connectivity index (χ0v) is 13.0. The number of fused-ring (bicyclic) bond motifs is 3. The molecule has 1 aliphatic carbocycles. The van der Waals surface area contributed by atoms with Crippen molar-refractivity contribution in [1.29, 1.82) is 0 Å². The van der Waals surface area contributed by atoms with Crippen LogP contribution in [0.5, 0.6) is 0 Å². The van der Waals surface area contributed by atoms with Gasteiger partial charge < -0.3 is 4.90 Å². The number of nitrogens with zero attached hydrogens (tertiary/aromatic N) is 1. The Morgan fingerprint density at radius 2 is 1.86 bits per heavy atom. The molecule has 0 saturated carbocycles. The van der Waals surface area contributed by atoms with Crippen LogP contribution in [0, 0.1) is 11.7 Å². The van der Waals surface area contributed by atoms with Gasteiger partial charge in [0.25, 0.3) is 0 Å². The van der Waals surface area contributed by atoms with Crippen LogP contribution in [0.2, 0.25) is 0 Å². The summed E-state index contributed by atoms with van der Waals surface area (Å²) in [4.78, 5) is 2.51. The first kappa shape index (κ1) is 14.0. The largest absolute Gasteiger partial charge is 0.302 e. The first-order valence-electron chi connectivity index (χ1n) is 8.25. The molecule has 0 spiro atoms. The Hall–Kier alpha value is -1.67. The van der Waals surface area contributed by atoms with E-state index in [0.29, 0.717) is 12.0 Å². The minimum atomic E-state index is -0.145. The Bertz CT molecular complexity index is 664. The van der Waals surface area contributed by atoms with Crippen LogP contribution in [0.4, 0.5) is 4.39 Å². The second-order valence-corrected chi connectivity index (χ2v) is 6.85. The van der Waals surface area contributed by atoms with Crippen molar-refractivity contribution in [2.24, 2.45) is 5.92 Å². The second-order valence-electron chi connectivity index (χ2n) is 6.85. The Balaban J connectivity index is 1.59. The van der Waals surface area contributed by atoms with Gasteiger partial charge in [0.1, 0.15) is 5.82 Å². The van der Waals surface area contributed by atoms with E-state index >= 15 is 0 Å². The van der Waals surface area contributed by atoms with Crippen LogP contribution in [0.3, 0.4) is 0 Å². The number of benzene rings is 2. The lowest BCUT2D eigenvalue weighted by Crippen LogP contribution is -2.32. The first-order chi connectivity index (χ1) is 10.7. The zero-order chi connectivity index (χ0) is 15.1. The lowest BCUT2D eigenvalue weighted by atomic mass is 9.74. The molecule has 0 aromatic heterocycles. The van der Waals surface area contributed by atoms with Crippen LogP contribution in [-0.2, 0) is 12.8 Å². The predicted octanol–water partition coefficient (Wildman–Crippen LogP) is 4.03. The van der Waals surface area contributed by atoms with E-state index in [0.717, 1.165) is 18.9 Å². The van der Waals surface area contributed by atoms with Gasteiger partial charge in [0, 0.05) is 18.5 Å². The molecule has 2 heteroatoms.